The number of hydrogen-bond donors (Lipinski definition) is 2. The van der Waals surface area contributed by atoms with Gasteiger partial charge in [-0.15, -0.1) is 0 Å². The van der Waals surface area contributed by atoms with Crippen molar-refractivity contribution in [2.45, 2.75) is 27.3 Å². The Morgan fingerprint density at radius 3 is 2.42 bits per heavy atom. The summed E-state index contributed by atoms with van der Waals surface area (Å²) in [6.07, 6.45) is 0. The molecule has 6 heteroatoms. The fourth-order valence-electron chi connectivity index (χ4n) is 1.76. The Balaban J connectivity index is 3.20. The van der Waals surface area contributed by atoms with Gasteiger partial charge < -0.3 is 10.4 Å². The number of carbonyl (C=O) groups excluding carboxylic acids is 1. The van der Waals surface area contributed by atoms with Gasteiger partial charge in [-0.2, -0.15) is 0 Å². The molecular weight excluding hydrogens is 254 g/mol. The van der Waals surface area contributed by atoms with Gasteiger partial charge >= 0.3 is 0 Å². The van der Waals surface area contributed by atoms with E-state index >= 15 is 0 Å². The molecule has 4 nitrogen and oxygen atoms in total. The molecule has 0 radical (unpaired) electrons. The Labute approximate surface area is 111 Å². The molecule has 19 heavy (non-hydrogen) atoms. The third-order valence-corrected chi connectivity index (χ3v) is 2.87. The number of amides is 1. The summed E-state index contributed by atoms with van der Waals surface area (Å²) in [4.78, 5) is 12.8. The number of aromatic hydroxyl groups is 1. The molecule has 0 bridgehead atoms. The summed E-state index contributed by atoms with van der Waals surface area (Å²) < 4.78 is 27.7. The molecular formula is C13H18F2N2O2. The second-order valence-electron chi connectivity index (χ2n) is 4.19. The van der Waals surface area contributed by atoms with E-state index in [2.05, 4.69) is 5.32 Å². The highest BCUT2D eigenvalue weighted by atomic mass is 19.1. The molecule has 0 aromatic heterocycles. The van der Waals surface area contributed by atoms with E-state index in [0.29, 0.717) is 13.1 Å². The van der Waals surface area contributed by atoms with Gasteiger partial charge in [0.25, 0.3) is 0 Å². The second-order valence-corrected chi connectivity index (χ2v) is 4.19. The summed E-state index contributed by atoms with van der Waals surface area (Å²) in [5.74, 6) is -2.94. The van der Waals surface area contributed by atoms with E-state index in [1.54, 1.807) is 0 Å². The smallest absolute Gasteiger partial charge is 0.221 e. The monoisotopic (exact) mass is 272 g/mol. The van der Waals surface area contributed by atoms with Crippen molar-refractivity contribution in [2.75, 3.05) is 18.4 Å². The summed E-state index contributed by atoms with van der Waals surface area (Å²) in [6, 6.07) is 0.813. The molecule has 1 amide bonds. The van der Waals surface area contributed by atoms with Gasteiger partial charge in [0, 0.05) is 25.1 Å². The van der Waals surface area contributed by atoms with Crippen LogP contribution in [0.5, 0.6) is 5.75 Å². The van der Waals surface area contributed by atoms with Crippen LogP contribution in [-0.4, -0.2) is 29.0 Å². The molecule has 0 aliphatic rings. The third-order valence-electron chi connectivity index (χ3n) is 2.87. The van der Waals surface area contributed by atoms with Crippen LogP contribution in [0.15, 0.2) is 6.07 Å². The van der Waals surface area contributed by atoms with Gasteiger partial charge in [0.2, 0.25) is 5.91 Å². The van der Waals surface area contributed by atoms with Crippen LogP contribution in [0.2, 0.25) is 0 Å². The van der Waals surface area contributed by atoms with Gasteiger partial charge in [0.1, 0.15) is 11.4 Å². The zero-order valence-electron chi connectivity index (χ0n) is 11.3. The van der Waals surface area contributed by atoms with Crippen molar-refractivity contribution >= 4 is 11.6 Å². The van der Waals surface area contributed by atoms with Crippen molar-refractivity contribution < 1.29 is 18.7 Å². The van der Waals surface area contributed by atoms with Crippen LogP contribution >= 0.6 is 0 Å². The fraction of sp³-hybridized carbons (Fsp3) is 0.462. The lowest BCUT2D eigenvalue weighted by atomic mass is 10.1. The molecule has 106 valence electrons. The van der Waals surface area contributed by atoms with Crippen molar-refractivity contribution in [2.24, 2.45) is 0 Å². The molecule has 0 saturated heterocycles. The van der Waals surface area contributed by atoms with Crippen molar-refractivity contribution in [3.05, 3.63) is 23.3 Å². The first-order valence-corrected chi connectivity index (χ1v) is 6.10. The molecule has 0 aliphatic heterocycles. The fourth-order valence-corrected chi connectivity index (χ4v) is 1.76. The van der Waals surface area contributed by atoms with E-state index in [-0.39, 0.29) is 12.1 Å². The molecule has 0 heterocycles. The Morgan fingerprint density at radius 1 is 1.37 bits per heavy atom. The van der Waals surface area contributed by atoms with Crippen LogP contribution in [0.3, 0.4) is 0 Å². The molecule has 0 fully saturated rings. The number of anilines is 1. The van der Waals surface area contributed by atoms with Crippen LogP contribution in [0.25, 0.3) is 0 Å². The van der Waals surface area contributed by atoms with Crippen LogP contribution in [0, 0.1) is 11.6 Å². The summed E-state index contributed by atoms with van der Waals surface area (Å²) in [7, 11) is 0. The van der Waals surface area contributed by atoms with E-state index < -0.39 is 29.0 Å². The van der Waals surface area contributed by atoms with E-state index in [1.807, 2.05) is 18.7 Å². The minimum Gasteiger partial charge on any atom is -0.507 e. The minimum absolute atomic E-state index is 0.0196. The normalized spacial score (nSPS) is 10.8. The largest absolute Gasteiger partial charge is 0.507 e. The first-order chi connectivity index (χ1) is 8.90. The maximum atomic E-state index is 14.1. The predicted octanol–water partition coefficient (Wildman–Crippen LogP) is 2.47. The van der Waals surface area contributed by atoms with Gasteiger partial charge in [-0.1, -0.05) is 13.8 Å². The summed E-state index contributed by atoms with van der Waals surface area (Å²) >= 11 is 0. The SMILES string of the molecule is CCN(CC)Cc1c(O)cc(F)c(NC(C)=O)c1F. The summed E-state index contributed by atoms with van der Waals surface area (Å²) in [5.41, 5.74) is -0.540. The average molecular weight is 272 g/mol. The Morgan fingerprint density at radius 2 is 1.95 bits per heavy atom. The molecule has 1 aromatic carbocycles. The Hall–Kier alpha value is -1.69. The van der Waals surface area contributed by atoms with Gasteiger partial charge in [0.15, 0.2) is 11.6 Å². The molecule has 1 rings (SSSR count). The summed E-state index contributed by atoms with van der Waals surface area (Å²) in [5, 5.41) is 11.8. The maximum absolute atomic E-state index is 14.1. The van der Waals surface area contributed by atoms with E-state index in [0.717, 1.165) is 13.0 Å². The molecule has 0 spiro atoms. The van der Waals surface area contributed by atoms with Crippen molar-refractivity contribution in [1.82, 2.24) is 4.90 Å². The molecule has 0 atom stereocenters. The topological polar surface area (TPSA) is 52.6 Å². The lowest BCUT2D eigenvalue weighted by molar-refractivity contribution is -0.114. The zero-order valence-corrected chi connectivity index (χ0v) is 11.3. The highest BCUT2D eigenvalue weighted by Gasteiger charge is 2.20. The highest BCUT2D eigenvalue weighted by molar-refractivity contribution is 5.89. The molecule has 0 unspecified atom stereocenters. The molecule has 1 aromatic rings. The number of phenols is 1. The summed E-state index contributed by atoms with van der Waals surface area (Å²) in [6.45, 7) is 6.45. The first kappa shape index (κ1) is 15.4. The molecule has 0 saturated carbocycles. The average Bonchev–Trinajstić information content (AvgIpc) is 2.34. The Bertz CT molecular complexity index is 474. The number of benzene rings is 1. The first-order valence-electron chi connectivity index (χ1n) is 6.10. The van der Waals surface area contributed by atoms with Crippen LogP contribution in [0.1, 0.15) is 26.3 Å². The van der Waals surface area contributed by atoms with Crippen LogP contribution in [-0.2, 0) is 11.3 Å². The number of hydrogen-bond acceptors (Lipinski definition) is 3. The van der Waals surface area contributed by atoms with E-state index in [9.17, 15) is 18.7 Å². The number of rotatable bonds is 5. The van der Waals surface area contributed by atoms with Crippen molar-refractivity contribution in [3.8, 4) is 5.75 Å². The lowest BCUT2D eigenvalue weighted by Gasteiger charge is -2.20. The number of nitrogens with one attached hydrogen (secondary N) is 1. The maximum Gasteiger partial charge on any atom is 0.221 e. The van der Waals surface area contributed by atoms with E-state index in [1.165, 1.54) is 0 Å². The minimum atomic E-state index is -0.992. The van der Waals surface area contributed by atoms with Crippen LogP contribution in [0.4, 0.5) is 14.5 Å². The van der Waals surface area contributed by atoms with Crippen LogP contribution < -0.4 is 5.32 Å². The number of nitrogens with zero attached hydrogens (tertiary/aromatic N) is 1. The highest BCUT2D eigenvalue weighted by Crippen LogP contribution is 2.30. The second kappa shape index (κ2) is 6.47. The van der Waals surface area contributed by atoms with Gasteiger partial charge in [-0.25, -0.2) is 8.78 Å². The van der Waals surface area contributed by atoms with Gasteiger partial charge in [0.05, 0.1) is 0 Å². The zero-order chi connectivity index (χ0) is 14.6. The number of carbonyl (C=O) groups is 1. The van der Waals surface area contributed by atoms with Crippen molar-refractivity contribution in [3.63, 3.8) is 0 Å². The number of phenolic OH excluding ortho intramolecular Hbond substituents is 1. The van der Waals surface area contributed by atoms with E-state index in [4.69, 9.17) is 0 Å². The molecule has 2 N–H and O–H groups in total. The third kappa shape index (κ3) is 3.64. The lowest BCUT2D eigenvalue weighted by Crippen LogP contribution is -2.23. The van der Waals surface area contributed by atoms with Crippen molar-refractivity contribution in [1.29, 1.82) is 0 Å². The Kier molecular flexibility index (Phi) is 5.23. The van der Waals surface area contributed by atoms with Gasteiger partial charge in [-0.05, 0) is 13.1 Å². The number of halogens is 2. The quantitative estimate of drug-likeness (QED) is 0.810. The predicted molar refractivity (Wildman–Crippen MR) is 69.0 cm³/mol. The molecule has 0 aliphatic carbocycles. The van der Waals surface area contributed by atoms with Gasteiger partial charge in [-0.3, -0.25) is 9.69 Å². The standard InChI is InChI=1S/C13H18F2N2O2/c1-4-17(5-2)7-9-11(19)6-10(14)13(12(9)15)16-8(3)18/h6,19H,4-5,7H2,1-3H3,(H,16,18).